The Morgan fingerprint density at radius 3 is 2.91 bits per heavy atom. The smallest absolute Gasteiger partial charge is 0.248 e. The molecule has 1 aromatic heterocycles. The molecule has 1 N–H and O–H groups in total. The topological polar surface area (TPSA) is 49.4 Å². The Kier molecular flexibility index (Phi) is 4.06. The molecule has 0 saturated carbocycles. The molecule has 0 unspecified atom stereocenters. The Balaban J connectivity index is 1.69. The average Bonchev–Trinajstić information content (AvgIpc) is 3.14. The normalized spacial score (nSPS) is 13.4. The molecule has 2 amide bonds. The Hall–Kier alpha value is -2.40. The van der Waals surface area contributed by atoms with Crippen LogP contribution in [-0.2, 0) is 16.0 Å². The summed E-state index contributed by atoms with van der Waals surface area (Å²) >= 11 is 1.60. The lowest BCUT2D eigenvalue weighted by molar-refractivity contribution is -0.116. The van der Waals surface area contributed by atoms with Gasteiger partial charge in [0.1, 0.15) is 0 Å². The van der Waals surface area contributed by atoms with Gasteiger partial charge in [-0.25, -0.2) is 0 Å². The van der Waals surface area contributed by atoms with Gasteiger partial charge in [-0.2, -0.15) is 11.3 Å². The summed E-state index contributed by atoms with van der Waals surface area (Å²) in [6, 6.07) is 7.62. The van der Waals surface area contributed by atoms with Gasteiger partial charge in [-0.3, -0.25) is 9.59 Å². The van der Waals surface area contributed by atoms with E-state index in [1.165, 1.54) is 6.08 Å². The number of nitrogens with one attached hydrogen (secondary N) is 1. The van der Waals surface area contributed by atoms with Crippen molar-refractivity contribution in [2.24, 2.45) is 0 Å². The summed E-state index contributed by atoms with van der Waals surface area (Å²) < 4.78 is 0. The molecule has 0 spiro atoms. The summed E-state index contributed by atoms with van der Waals surface area (Å²) in [4.78, 5) is 25.2. The second-order valence-corrected chi connectivity index (χ2v) is 5.92. The van der Waals surface area contributed by atoms with Crippen LogP contribution >= 0.6 is 11.3 Å². The first-order valence-corrected chi connectivity index (χ1v) is 8.00. The molecule has 0 saturated heterocycles. The van der Waals surface area contributed by atoms with Crippen molar-refractivity contribution in [3.63, 3.8) is 0 Å². The van der Waals surface area contributed by atoms with E-state index in [1.54, 1.807) is 29.2 Å². The molecule has 1 aliphatic heterocycles. The molecule has 0 fully saturated rings. The minimum Gasteiger partial charge on any atom is -0.323 e. The van der Waals surface area contributed by atoms with Crippen LogP contribution in [0.5, 0.6) is 0 Å². The highest BCUT2D eigenvalue weighted by atomic mass is 32.1. The van der Waals surface area contributed by atoms with Crippen LogP contribution in [0.25, 0.3) is 6.08 Å². The first-order chi connectivity index (χ1) is 10.6. The largest absolute Gasteiger partial charge is 0.323 e. The Morgan fingerprint density at radius 2 is 2.18 bits per heavy atom. The third-order valence-electron chi connectivity index (χ3n) is 3.59. The van der Waals surface area contributed by atoms with Crippen molar-refractivity contribution >= 4 is 40.6 Å². The van der Waals surface area contributed by atoms with Gasteiger partial charge < -0.3 is 10.2 Å². The van der Waals surface area contributed by atoms with E-state index in [-0.39, 0.29) is 11.8 Å². The molecule has 0 radical (unpaired) electrons. The molecule has 1 aromatic carbocycles. The molecular weight excluding hydrogens is 296 g/mol. The van der Waals surface area contributed by atoms with Gasteiger partial charge in [0.05, 0.1) is 0 Å². The van der Waals surface area contributed by atoms with Gasteiger partial charge in [-0.1, -0.05) is 0 Å². The van der Waals surface area contributed by atoms with Gasteiger partial charge in [0.25, 0.3) is 0 Å². The molecule has 0 bridgehead atoms. The van der Waals surface area contributed by atoms with E-state index in [0.717, 1.165) is 28.9 Å². The molecule has 1 aliphatic rings. The van der Waals surface area contributed by atoms with Crippen molar-refractivity contribution in [3.05, 3.63) is 52.2 Å². The third-order valence-corrected chi connectivity index (χ3v) is 4.29. The van der Waals surface area contributed by atoms with Crippen molar-refractivity contribution in [1.82, 2.24) is 0 Å². The van der Waals surface area contributed by atoms with Crippen LogP contribution in [0.4, 0.5) is 11.4 Å². The third kappa shape index (κ3) is 3.09. The maximum absolute atomic E-state index is 11.9. The van der Waals surface area contributed by atoms with Gasteiger partial charge >= 0.3 is 0 Å². The van der Waals surface area contributed by atoms with E-state index < -0.39 is 0 Å². The Bertz CT molecular complexity index is 735. The zero-order chi connectivity index (χ0) is 15.5. The summed E-state index contributed by atoms with van der Waals surface area (Å²) in [6.45, 7) is 2.28. The summed E-state index contributed by atoms with van der Waals surface area (Å²) in [5.41, 5.74) is 3.81. The van der Waals surface area contributed by atoms with Crippen LogP contribution in [-0.4, -0.2) is 18.4 Å². The van der Waals surface area contributed by atoms with Crippen molar-refractivity contribution in [2.75, 3.05) is 16.8 Å². The maximum atomic E-state index is 11.9. The molecule has 2 aromatic rings. The Morgan fingerprint density at radius 1 is 1.32 bits per heavy atom. The summed E-state index contributed by atoms with van der Waals surface area (Å²) in [5, 5.41) is 6.81. The number of hydrogen-bond acceptors (Lipinski definition) is 3. The lowest BCUT2D eigenvalue weighted by Crippen LogP contribution is -2.25. The van der Waals surface area contributed by atoms with E-state index in [2.05, 4.69) is 5.32 Å². The van der Waals surface area contributed by atoms with E-state index in [9.17, 15) is 9.59 Å². The molecule has 112 valence electrons. The molecule has 2 heterocycles. The van der Waals surface area contributed by atoms with Crippen LogP contribution in [0, 0.1) is 0 Å². The van der Waals surface area contributed by atoms with Crippen LogP contribution in [0.1, 0.15) is 18.1 Å². The first kappa shape index (κ1) is 14.5. The summed E-state index contributed by atoms with van der Waals surface area (Å²) in [7, 11) is 0. The van der Waals surface area contributed by atoms with Crippen LogP contribution in [0.3, 0.4) is 0 Å². The molecule has 4 nitrogen and oxygen atoms in total. The predicted molar refractivity (Wildman–Crippen MR) is 90.2 cm³/mol. The van der Waals surface area contributed by atoms with Crippen molar-refractivity contribution < 1.29 is 9.59 Å². The van der Waals surface area contributed by atoms with E-state index in [0.29, 0.717) is 6.54 Å². The van der Waals surface area contributed by atoms with Crippen LogP contribution < -0.4 is 10.2 Å². The first-order valence-electron chi connectivity index (χ1n) is 7.06. The van der Waals surface area contributed by atoms with Gasteiger partial charge in [0.15, 0.2) is 0 Å². The van der Waals surface area contributed by atoms with E-state index >= 15 is 0 Å². The monoisotopic (exact) mass is 312 g/mol. The van der Waals surface area contributed by atoms with Gasteiger partial charge in [0, 0.05) is 30.9 Å². The number of carbonyl (C=O) groups excluding carboxylic acids is 2. The molecular formula is C17H16N2O2S. The summed E-state index contributed by atoms with van der Waals surface area (Å²) in [6.07, 6.45) is 4.14. The van der Waals surface area contributed by atoms with Crippen molar-refractivity contribution in [2.45, 2.75) is 13.3 Å². The van der Waals surface area contributed by atoms with Crippen molar-refractivity contribution in [3.8, 4) is 0 Å². The molecule has 22 heavy (non-hydrogen) atoms. The lowest BCUT2D eigenvalue weighted by atomic mass is 10.1. The minimum atomic E-state index is -0.160. The fraction of sp³-hybridized carbons (Fsp3) is 0.176. The number of anilines is 2. The number of amides is 2. The molecule has 5 heteroatoms. The van der Waals surface area contributed by atoms with Crippen LogP contribution in [0.2, 0.25) is 0 Å². The number of thiophene rings is 1. The molecule has 3 rings (SSSR count). The highest BCUT2D eigenvalue weighted by molar-refractivity contribution is 7.08. The number of carbonyl (C=O) groups is 2. The highest BCUT2D eigenvalue weighted by Crippen LogP contribution is 2.30. The number of rotatable bonds is 3. The van der Waals surface area contributed by atoms with Gasteiger partial charge in [0.2, 0.25) is 11.8 Å². The zero-order valence-electron chi connectivity index (χ0n) is 12.2. The summed E-state index contributed by atoms with van der Waals surface area (Å²) in [5.74, 6) is -0.109. The zero-order valence-corrected chi connectivity index (χ0v) is 13.0. The van der Waals surface area contributed by atoms with Gasteiger partial charge in [-0.05, 0) is 58.6 Å². The fourth-order valence-corrected chi connectivity index (χ4v) is 3.16. The number of hydrogen-bond donors (Lipinski definition) is 1. The predicted octanol–water partition coefficient (Wildman–Crippen LogP) is 3.31. The lowest BCUT2D eigenvalue weighted by Gasteiger charge is -2.14. The van der Waals surface area contributed by atoms with Crippen LogP contribution in [0.15, 0.2) is 41.1 Å². The fourth-order valence-electron chi connectivity index (χ4n) is 2.53. The average molecular weight is 312 g/mol. The highest BCUT2D eigenvalue weighted by Gasteiger charge is 2.22. The van der Waals surface area contributed by atoms with E-state index in [4.69, 9.17) is 0 Å². The quantitative estimate of drug-likeness (QED) is 0.884. The molecule has 0 aliphatic carbocycles. The van der Waals surface area contributed by atoms with Crippen molar-refractivity contribution in [1.29, 1.82) is 0 Å². The standard InChI is InChI=1S/C17H16N2O2S/c1-12(20)19-8-6-14-10-15(3-4-16(14)19)18-17(21)5-2-13-7-9-22-11-13/h2-5,7,9-11H,6,8H2,1H3,(H,18,21)/b5-2+. The Labute approximate surface area is 133 Å². The molecule has 0 atom stereocenters. The maximum Gasteiger partial charge on any atom is 0.248 e. The number of nitrogens with zero attached hydrogens (tertiary/aromatic N) is 1. The number of fused-ring (bicyclic) bond motifs is 1. The minimum absolute atomic E-state index is 0.0502. The second kappa shape index (κ2) is 6.15. The van der Waals surface area contributed by atoms with Gasteiger partial charge in [-0.15, -0.1) is 0 Å². The number of benzene rings is 1. The van der Waals surface area contributed by atoms with E-state index in [1.807, 2.05) is 35.0 Å². The SMILES string of the molecule is CC(=O)N1CCc2cc(NC(=O)/C=C/c3ccsc3)ccc21. The second-order valence-electron chi connectivity index (χ2n) is 5.14.